The van der Waals surface area contributed by atoms with Gasteiger partial charge in [-0.05, 0) is 37.1 Å². The van der Waals surface area contributed by atoms with Gasteiger partial charge in [-0.3, -0.25) is 4.79 Å². The number of carbonyl (C=O) groups is 1. The maximum atomic E-state index is 11.9. The number of benzene rings is 1. The number of nitrogens with zero attached hydrogens (tertiary/aromatic N) is 1. The normalized spacial score (nSPS) is 13.2. The van der Waals surface area contributed by atoms with E-state index in [0.29, 0.717) is 13.0 Å². The summed E-state index contributed by atoms with van der Waals surface area (Å²) in [5, 5.41) is 0. The van der Waals surface area contributed by atoms with Gasteiger partial charge in [-0.15, -0.1) is 12.4 Å². The van der Waals surface area contributed by atoms with E-state index in [1.165, 1.54) is 5.56 Å². The van der Waals surface area contributed by atoms with Gasteiger partial charge in [-0.2, -0.15) is 0 Å². The van der Waals surface area contributed by atoms with Crippen molar-refractivity contribution in [3.8, 4) is 0 Å². The predicted molar refractivity (Wildman–Crippen MR) is 75.7 cm³/mol. The number of carbonyl (C=O) groups excluding carboxylic acids is 1. The molecule has 2 rings (SSSR count). The quantitative estimate of drug-likeness (QED) is 0.930. The average Bonchev–Trinajstić information content (AvgIpc) is 2.68. The third-order valence-corrected chi connectivity index (χ3v) is 3.33. The second-order valence-electron chi connectivity index (χ2n) is 3.96. The van der Waals surface area contributed by atoms with Crippen LogP contribution in [0.2, 0.25) is 0 Å². The van der Waals surface area contributed by atoms with Crippen molar-refractivity contribution < 1.29 is 4.79 Å². The first-order valence-electron chi connectivity index (χ1n) is 5.51. The van der Waals surface area contributed by atoms with Crippen LogP contribution in [-0.4, -0.2) is 19.0 Å². The van der Waals surface area contributed by atoms with Crippen LogP contribution in [0.5, 0.6) is 0 Å². The van der Waals surface area contributed by atoms with Gasteiger partial charge in [0.25, 0.3) is 0 Å². The lowest BCUT2D eigenvalue weighted by molar-refractivity contribution is -0.118. The highest BCUT2D eigenvalue weighted by Gasteiger charge is 2.23. The number of hydrogen-bond donors (Lipinski definition) is 1. The van der Waals surface area contributed by atoms with Crippen molar-refractivity contribution in [1.82, 2.24) is 0 Å². The molecule has 2 N–H and O–H groups in total. The molecule has 1 aliphatic rings. The van der Waals surface area contributed by atoms with Gasteiger partial charge in [0.15, 0.2) is 0 Å². The molecule has 0 spiro atoms. The fourth-order valence-electron chi connectivity index (χ4n) is 2.00. The van der Waals surface area contributed by atoms with Crippen LogP contribution in [0.25, 0.3) is 0 Å². The fourth-order valence-corrected chi connectivity index (χ4v) is 2.35. The highest BCUT2D eigenvalue weighted by Crippen LogP contribution is 2.31. The summed E-state index contributed by atoms with van der Waals surface area (Å²) in [6, 6.07) is 6.12. The monoisotopic (exact) mass is 318 g/mol. The molecule has 0 unspecified atom stereocenters. The average molecular weight is 320 g/mol. The first kappa shape index (κ1) is 14.5. The number of amides is 1. The lowest BCUT2D eigenvalue weighted by Crippen LogP contribution is -2.29. The molecule has 1 aliphatic heterocycles. The van der Waals surface area contributed by atoms with Crippen molar-refractivity contribution in [1.29, 1.82) is 0 Å². The Balaban J connectivity index is 0.00000144. The van der Waals surface area contributed by atoms with Crippen molar-refractivity contribution in [3.05, 3.63) is 28.2 Å². The number of hydrogen-bond acceptors (Lipinski definition) is 2. The maximum absolute atomic E-state index is 11.9. The Morgan fingerprint density at radius 3 is 2.94 bits per heavy atom. The molecule has 1 aromatic rings. The minimum absolute atomic E-state index is 0. The molecule has 0 radical (unpaired) electrons. The zero-order valence-corrected chi connectivity index (χ0v) is 11.9. The molecular weight excluding hydrogens is 304 g/mol. The molecule has 5 heteroatoms. The van der Waals surface area contributed by atoms with Crippen LogP contribution in [-0.2, 0) is 11.2 Å². The largest absolute Gasteiger partial charge is 0.330 e. The van der Waals surface area contributed by atoms with Gasteiger partial charge < -0.3 is 10.6 Å². The molecule has 17 heavy (non-hydrogen) atoms. The molecule has 0 bridgehead atoms. The van der Waals surface area contributed by atoms with E-state index in [-0.39, 0.29) is 18.3 Å². The topological polar surface area (TPSA) is 46.3 Å². The number of halogens is 2. The van der Waals surface area contributed by atoms with Crippen molar-refractivity contribution in [3.63, 3.8) is 0 Å². The van der Waals surface area contributed by atoms with Crippen LogP contribution >= 0.6 is 28.3 Å². The van der Waals surface area contributed by atoms with Gasteiger partial charge in [-0.1, -0.05) is 22.0 Å². The van der Waals surface area contributed by atoms with Crippen LogP contribution < -0.4 is 10.6 Å². The summed E-state index contributed by atoms with van der Waals surface area (Å²) < 4.78 is 1.02. The predicted octanol–water partition coefficient (Wildman–Crippen LogP) is 2.50. The number of nitrogens with two attached hydrogens (primary N) is 1. The Labute approximate surface area is 116 Å². The molecule has 0 saturated heterocycles. The molecule has 0 saturated carbocycles. The van der Waals surface area contributed by atoms with Crippen LogP contribution in [0.4, 0.5) is 5.69 Å². The van der Waals surface area contributed by atoms with E-state index in [1.807, 2.05) is 17.0 Å². The highest BCUT2D eigenvalue weighted by atomic mass is 79.9. The third kappa shape index (κ3) is 3.21. The molecule has 1 aromatic carbocycles. The first-order valence-corrected chi connectivity index (χ1v) is 6.30. The van der Waals surface area contributed by atoms with Crippen LogP contribution in [0.15, 0.2) is 22.7 Å². The van der Waals surface area contributed by atoms with E-state index in [9.17, 15) is 4.79 Å². The smallest absolute Gasteiger partial charge is 0.227 e. The Hall–Kier alpha value is -0.580. The number of rotatable bonds is 3. The van der Waals surface area contributed by atoms with Gasteiger partial charge in [-0.25, -0.2) is 0 Å². The Morgan fingerprint density at radius 2 is 2.24 bits per heavy atom. The second-order valence-corrected chi connectivity index (χ2v) is 4.88. The van der Waals surface area contributed by atoms with Crippen molar-refractivity contribution in [2.24, 2.45) is 5.73 Å². The summed E-state index contributed by atoms with van der Waals surface area (Å²) in [5.41, 5.74) is 7.72. The Kier molecular flexibility index (Phi) is 5.43. The summed E-state index contributed by atoms with van der Waals surface area (Å²) in [6.07, 6.45) is 2.26. The van der Waals surface area contributed by atoms with E-state index in [0.717, 1.165) is 29.5 Å². The van der Waals surface area contributed by atoms with Crippen LogP contribution in [0.3, 0.4) is 0 Å². The van der Waals surface area contributed by atoms with Crippen LogP contribution in [0, 0.1) is 0 Å². The van der Waals surface area contributed by atoms with Gasteiger partial charge in [0, 0.05) is 23.1 Å². The van der Waals surface area contributed by atoms with Gasteiger partial charge >= 0.3 is 0 Å². The molecule has 1 amide bonds. The van der Waals surface area contributed by atoms with Crippen LogP contribution in [0.1, 0.15) is 18.4 Å². The van der Waals surface area contributed by atoms with Crippen molar-refractivity contribution in [2.45, 2.75) is 19.3 Å². The van der Waals surface area contributed by atoms with E-state index in [2.05, 4.69) is 22.0 Å². The summed E-state index contributed by atoms with van der Waals surface area (Å²) in [7, 11) is 0. The molecule has 0 atom stereocenters. The van der Waals surface area contributed by atoms with Gasteiger partial charge in [0.1, 0.15) is 0 Å². The lowest BCUT2D eigenvalue weighted by Gasteiger charge is -2.17. The SMILES string of the molecule is Cl.NCCCC(=O)N1CCc2ccc(Br)cc21. The molecular formula is C12H16BrClN2O. The van der Waals surface area contributed by atoms with E-state index < -0.39 is 0 Å². The molecule has 94 valence electrons. The minimum atomic E-state index is 0. The van der Waals surface area contributed by atoms with E-state index in [1.54, 1.807) is 0 Å². The molecule has 0 fully saturated rings. The Morgan fingerprint density at radius 1 is 1.47 bits per heavy atom. The minimum Gasteiger partial charge on any atom is -0.330 e. The van der Waals surface area contributed by atoms with E-state index >= 15 is 0 Å². The zero-order valence-electron chi connectivity index (χ0n) is 9.49. The second kappa shape index (κ2) is 6.38. The summed E-state index contributed by atoms with van der Waals surface area (Å²) in [4.78, 5) is 13.8. The number of anilines is 1. The fraction of sp³-hybridized carbons (Fsp3) is 0.417. The Bertz CT molecular complexity index is 411. The molecule has 3 nitrogen and oxygen atoms in total. The van der Waals surface area contributed by atoms with E-state index in [4.69, 9.17) is 5.73 Å². The summed E-state index contributed by atoms with van der Waals surface area (Å²) in [5.74, 6) is 0.183. The number of fused-ring (bicyclic) bond motifs is 1. The standard InChI is InChI=1S/C12H15BrN2O.ClH/c13-10-4-3-9-5-7-15(11(9)8-10)12(16)2-1-6-14;/h3-4,8H,1-2,5-7,14H2;1H. The first-order chi connectivity index (χ1) is 7.72. The molecule has 1 heterocycles. The van der Waals surface area contributed by atoms with Gasteiger partial charge in [0.2, 0.25) is 5.91 Å². The van der Waals surface area contributed by atoms with Gasteiger partial charge in [0.05, 0.1) is 0 Å². The maximum Gasteiger partial charge on any atom is 0.227 e. The zero-order chi connectivity index (χ0) is 11.5. The van der Waals surface area contributed by atoms with Crippen molar-refractivity contribution in [2.75, 3.05) is 18.0 Å². The summed E-state index contributed by atoms with van der Waals surface area (Å²) >= 11 is 3.44. The highest BCUT2D eigenvalue weighted by molar-refractivity contribution is 9.10. The molecule has 0 aliphatic carbocycles. The lowest BCUT2D eigenvalue weighted by atomic mass is 10.2. The third-order valence-electron chi connectivity index (χ3n) is 2.84. The molecule has 0 aromatic heterocycles. The summed E-state index contributed by atoms with van der Waals surface area (Å²) in [6.45, 7) is 1.38. The van der Waals surface area contributed by atoms with Crippen molar-refractivity contribution >= 4 is 39.9 Å².